The maximum atomic E-state index is 13.2. The molecule has 0 radical (unpaired) electrons. The van der Waals surface area contributed by atoms with Crippen LogP contribution in [0, 0.1) is 17.1 Å². The Balaban J connectivity index is 2.13. The highest BCUT2D eigenvalue weighted by Gasteiger charge is 2.05. The smallest absolute Gasteiger partial charge is 0.140 e. The number of hydrogen-bond donors (Lipinski definition) is 0. The van der Waals surface area contributed by atoms with E-state index in [1.54, 1.807) is 30.3 Å². The van der Waals surface area contributed by atoms with E-state index in [4.69, 9.17) is 21.6 Å². The maximum absolute atomic E-state index is 13.2. The van der Waals surface area contributed by atoms with Crippen LogP contribution in [-0.2, 0) is 6.61 Å². The lowest BCUT2D eigenvalue weighted by Gasteiger charge is -2.09. The summed E-state index contributed by atoms with van der Waals surface area (Å²) in [6.45, 7) is 0.245. The van der Waals surface area contributed by atoms with Crippen LogP contribution in [0.25, 0.3) is 0 Å². The highest BCUT2D eigenvalue weighted by molar-refractivity contribution is 9.10. The van der Waals surface area contributed by atoms with Crippen molar-refractivity contribution in [2.24, 2.45) is 0 Å². The molecule has 0 unspecified atom stereocenters. The zero-order chi connectivity index (χ0) is 13.8. The Morgan fingerprint density at radius 1 is 1.26 bits per heavy atom. The van der Waals surface area contributed by atoms with Gasteiger partial charge in [-0.05, 0) is 51.8 Å². The van der Waals surface area contributed by atoms with Crippen LogP contribution in [0.4, 0.5) is 4.39 Å². The van der Waals surface area contributed by atoms with Gasteiger partial charge in [-0.2, -0.15) is 5.26 Å². The molecule has 5 heteroatoms. The molecule has 0 saturated heterocycles. The molecule has 0 N–H and O–H groups in total. The molecule has 0 aliphatic carbocycles. The first-order valence-electron chi connectivity index (χ1n) is 5.36. The molecule has 0 heterocycles. The van der Waals surface area contributed by atoms with Crippen molar-refractivity contribution in [3.8, 4) is 11.8 Å². The highest BCUT2D eigenvalue weighted by Crippen LogP contribution is 2.28. The third-order valence-electron chi connectivity index (χ3n) is 2.44. The van der Waals surface area contributed by atoms with E-state index in [1.165, 1.54) is 12.1 Å². The summed E-state index contributed by atoms with van der Waals surface area (Å²) in [5.74, 6) is 0.103. The number of nitriles is 1. The number of halogens is 3. The van der Waals surface area contributed by atoms with Gasteiger partial charge in [0, 0.05) is 5.02 Å². The van der Waals surface area contributed by atoms with Crippen LogP contribution in [-0.4, -0.2) is 0 Å². The Hall–Kier alpha value is -1.57. The van der Waals surface area contributed by atoms with Crippen LogP contribution in [0.3, 0.4) is 0 Å². The number of nitrogens with zero attached hydrogens (tertiary/aromatic N) is 1. The summed E-state index contributed by atoms with van der Waals surface area (Å²) in [6.07, 6.45) is 0. The van der Waals surface area contributed by atoms with E-state index in [9.17, 15) is 4.39 Å². The van der Waals surface area contributed by atoms with Crippen molar-refractivity contribution in [1.29, 1.82) is 5.26 Å². The van der Waals surface area contributed by atoms with Crippen LogP contribution in [0.15, 0.2) is 40.9 Å². The van der Waals surface area contributed by atoms with Gasteiger partial charge < -0.3 is 4.74 Å². The molecule has 0 amide bonds. The molecule has 0 spiro atoms. The van der Waals surface area contributed by atoms with E-state index < -0.39 is 5.82 Å². The predicted molar refractivity (Wildman–Crippen MR) is 74.6 cm³/mol. The maximum Gasteiger partial charge on any atom is 0.140 e. The Kier molecular flexibility index (Phi) is 4.41. The minimum Gasteiger partial charge on any atom is -0.488 e. The minimum atomic E-state index is -0.529. The van der Waals surface area contributed by atoms with Gasteiger partial charge in [-0.25, -0.2) is 4.39 Å². The molecule has 96 valence electrons. The number of benzene rings is 2. The second kappa shape index (κ2) is 6.05. The molecule has 2 aromatic rings. The summed E-state index contributed by atoms with van der Waals surface area (Å²) in [6, 6.07) is 11.3. The zero-order valence-corrected chi connectivity index (χ0v) is 12.0. The average Bonchev–Trinajstić information content (AvgIpc) is 2.39. The summed E-state index contributed by atoms with van der Waals surface area (Å²) in [5.41, 5.74) is 0.732. The van der Waals surface area contributed by atoms with E-state index >= 15 is 0 Å². The molecule has 2 nitrogen and oxygen atoms in total. The Bertz CT molecular complexity index is 654. The standard InChI is InChI=1S/C14H8BrClFNO/c15-12-6-11(16)2-4-14(12)19-8-9-1-3-13(17)10(5-9)7-18/h1-6H,8H2. The lowest BCUT2D eigenvalue weighted by molar-refractivity contribution is 0.304. The lowest BCUT2D eigenvalue weighted by Crippen LogP contribution is -1.97. The second-order valence-electron chi connectivity index (χ2n) is 3.79. The Morgan fingerprint density at radius 2 is 2.05 bits per heavy atom. The Morgan fingerprint density at radius 3 is 2.74 bits per heavy atom. The van der Waals surface area contributed by atoms with E-state index in [-0.39, 0.29) is 12.2 Å². The van der Waals surface area contributed by atoms with E-state index in [2.05, 4.69) is 15.9 Å². The first-order valence-corrected chi connectivity index (χ1v) is 6.53. The first-order chi connectivity index (χ1) is 9.10. The van der Waals surface area contributed by atoms with Crippen molar-refractivity contribution < 1.29 is 9.13 Å². The van der Waals surface area contributed by atoms with Crippen molar-refractivity contribution in [1.82, 2.24) is 0 Å². The van der Waals surface area contributed by atoms with Gasteiger partial charge in [-0.15, -0.1) is 0 Å². The third-order valence-corrected chi connectivity index (χ3v) is 3.29. The molecule has 19 heavy (non-hydrogen) atoms. The fraction of sp³-hybridized carbons (Fsp3) is 0.0714. The largest absolute Gasteiger partial charge is 0.488 e. The predicted octanol–water partition coefficient (Wildman–Crippen LogP) is 4.69. The summed E-state index contributed by atoms with van der Waals surface area (Å²) in [5, 5.41) is 9.35. The lowest BCUT2D eigenvalue weighted by atomic mass is 10.1. The quantitative estimate of drug-likeness (QED) is 0.812. The van der Waals surface area contributed by atoms with Crippen LogP contribution in [0.2, 0.25) is 5.02 Å². The number of ether oxygens (including phenoxy) is 1. The normalized spacial score (nSPS) is 10.0. The van der Waals surface area contributed by atoms with Gasteiger partial charge in [0.05, 0.1) is 10.0 Å². The second-order valence-corrected chi connectivity index (χ2v) is 5.08. The van der Waals surface area contributed by atoms with Crippen molar-refractivity contribution >= 4 is 27.5 Å². The molecule has 2 rings (SSSR count). The fourth-order valence-corrected chi connectivity index (χ4v) is 2.30. The molecule has 2 aromatic carbocycles. The van der Waals surface area contributed by atoms with Gasteiger partial charge >= 0.3 is 0 Å². The van der Waals surface area contributed by atoms with Crippen molar-refractivity contribution in [3.05, 3.63) is 62.8 Å². The van der Waals surface area contributed by atoms with Gasteiger partial charge in [0.15, 0.2) is 0 Å². The molecule has 0 saturated carbocycles. The van der Waals surface area contributed by atoms with Crippen LogP contribution in [0.5, 0.6) is 5.75 Å². The van der Waals surface area contributed by atoms with Gasteiger partial charge in [0.25, 0.3) is 0 Å². The topological polar surface area (TPSA) is 33.0 Å². The monoisotopic (exact) mass is 339 g/mol. The van der Waals surface area contributed by atoms with Gasteiger partial charge in [0.1, 0.15) is 24.2 Å². The molecule has 0 aliphatic heterocycles. The third kappa shape index (κ3) is 3.46. The SMILES string of the molecule is N#Cc1cc(COc2ccc(Cl)cc2Br)ccc1F. The zero-order valence-electron chi connectivity index (χ0n) is 9.66. The summed E-state index contributed by atoms with van der Waals surface area (Å²) in [7, 11) is 0. The average molecular weight is 341 g/mol. The van der Waals surface area contributed by atoms with Gasteiger partial charge in [0.2, 0.25) is 0 Å². The van der Waals surface area contributed by atoms with Crippen molar-refractivity contribution in [2.75, 3.05) is 0 Å². The molecule has 0 fully saturated rings. The van der Waals surface area contributed by atoms with E-state index in [0.29, 0.717) is 10.8 Å². The fourth-order valence-electron chi connectivity index (χ4n) is 1.50. The number of rotatable bonds is 3. The van der Waals surface area contributed by atoms with Crippen LogP contribution < -0.4 is 4.74 Å². The molecular weight excluding hydrogens is 333 g/mol. The van der Waals surface area contributed by atoms with Crippen molar-refractivity contribution in [2.45, 2.75) is 6.61 Å². The van der Waals surface area contributed by atoms with Crippen LogP contribution >= 0.6 is 27.5 Å². The molecular formula is C14H8BrClFNO. The van der Waals surface area contributed by atoms with Crippen LogP contribution in [0.1, 0.15) is 11.1 Å². The van der Waals surface area contributed by atoms with Gasteiger partial charge in [-0.3, -0.25) is 0 Å². The molecule has 0 bridgehead atoms. The Labute approximate surface area is 123 Å². The summed E-state index contributed by atoms with van der Waals surface area (Å²) < 4.78 is 19.5. The number of hydrogen-bond acceptors (Lipinski definition) is 2. The molecule has 0 aromatic heterocycles. The minimum absolute atomic E-state index is 0.0104. The first kappa shape index (κ1) is 13.9. The van der Waals surface area contributed by atoms with Gasteiger partial charge in [-0.1, -0.05) is 17.7 Å². The molecule has 0 aliphatic rings. The van der Waals surface area contributed by atoms with E-state index in [1.807, 2.05) is 0 Å². The molecule has 0 atom stereocenters. The summed E-state index contributed by atoms with van der Waals surface area (Å²) in [4.78, 5) is 0. The highest BCUT2D eigenvalue weighted by atomic mass is 79.9. The summed E-state index contributed by atoms with van der Waals surface area (Å²) >= 11 is 9.17. The van der Waals surface area contributed by atoms with E-state index in [0.717, 1.165) is 10.0 Å². The van der Waals surface area contributed by atoms with Crippen molar-refractivity contribution in [3.63, 3.8) is 0 Å².